The molecular weight excluding hydrogens is 192 g/mol. The minimum Gasteiger partial charge on any atom is -0.481 e. The van der Waals surface area contributed by atoms with Gasteiger partial charge in [0.1, 0.15) is 0 Å². The van der Waals surface area contributed by atoms with Gasteiger partial charge in [0.25, 0.3) is 0 Å². The van der Waals surface area contributed by atoms with Gasteiger partial charge in [0.15, 0.2) is 0 Å². The second-order valence-electron chi connectivity index (χ2n) is 3.96. The van der Waals surface area contributed by atoms with Gasteiger partial charge in [-0.1, -0.05) is 0 Å². The summed E-state index contributed by atoms with van der Waals surface area (Å²) in [6.45, 7) is 0. The molecule has 80 valence electrons. The summed E-state index contributed by atoms with van der Waals surface area (Å²) in [5, 5.41) is 12.3. The maximum absolute atomic E-state index is 11.2. The second kappa shape index (κ2) is 3.62. The standard InChI is InChI=1S/C11H14N2O2/c1-12-9(8-2-6-13-7-3-8)11(4-5-11)10(14)15/h2-3,6-7,9,12H,4-5H2,1H3,(H,14,15). The van der Waals surface area contributed by atoms with E-state index in [4.69, 9.17) is 0 Å². The summed E-state index contributed by atoms with van der Waals surface area (Å²) >= 11 is 0. The normalized spacial score (nSPS) is 19.5. The Labute approximate surface area is 88.3 Å². The van der Waals surface area contributed by atoms with Crippen molar-refractivity contribution < 1.29 is 9.90 Å². The molecule has 0 radical (unpaired) electrons. The Balaban J connectivity index is 2.30. The summed E-state index contributed by atoms with van der Waals surface area (Å²) in [4.78, 5) is 15.1. The quantitative estimate of drug-likeness (QED) is 0.777. The van der Waals surface area contributed by atoms with Crippen LogP contribution in [0.3, 0.4) is 0 Å². The zero-order valence-corrected chi connectivity index (χ0v) is 8.60. The van der Waals surface area contributed by atoms with E-state index in [0.29, 0.717) is 0 Å². The van der Waals surface area contributed by atoms with Crippen LogP contribution in [0.15, 0.2) is 24.5 Å². The van der Waals surface area contributed by atoms with Gasteiger partial charge in [-0.15, -0.1) is 0 Å². The first-order valence-corrected chi connectivity index (χ1v) is 5.01. The van der Waals surface area contributed by atoms with Gasteiger partial charge < -0.3 is 10.4 Å². The summed E-state index contributed by atoms with van der Waals surface area (Å²) in [5.41, 5.74) is 0.392. The summed E-state index contributed by atoms with van der Waals surface area (Å²) in [7, 11) is 1.80. The molecule has 1 aromatic rings. The molecule has 1 unspecified atom stereocenters. The van der Waals surface area contributed by atoms with E-state index in [-0.39, 0.29) is 6.04 Å². The topological polar surface area (TPSA) is 62.2 Å². The first kappa shape index (κ1) is 10.1. The number of carboxylic acid groups (broad SMARTS) is 1. The molecule has 1 heterocycles. The number of hydrogen-bond donors (Lipinski definition) is 2. The molecule has 4 nitrogen and oxygen atoms in total. The zero-order valence-electron chi connectivity index (χ0n) is 8.60. The molecule has 0 amide bonds. The number of aliphatic carboxylic acids is 1. The lowest BCUT2D eigenvalue weighted by molar-refractivity contribution is -0.144. The predicted molar refractivity (Wildman–Crippen MR) is 55.3 cm³/mol. The van der Waals surface area contributed by atoms with Gasteiger partial charge in [-0.05, 0) is 37.6 Å². The fourth-order valence-corrected chi connectivity index (χ4v) is 2.08. The Morgan fingerprint density at radius 1 is 1.53 bits per heavy atom. The van der Waals surface area contributed by atoms with Crippen LogP contribution in [0, 0.1) is 5.41 Å². The molecule has 1 fully saturated rings. The summed E-state index contributed by atoms with van der Waals surface area (Å²) in [6.07, 6.45) is 4.88. The molecule has 2 N–H and O–H groups in total. The molecule has 4 heteroatoms. The molecule has 0 saturated heterocycles. The number of nitrogens with one attached hydrogen (secondary N) is 1. The third-order valence-corrected chi connectivity index (χ3v) is 3.10. The third kappa shape index (κ3) is 1.61. The first-order valence-electron chi connectivity index (χ1n) is 5.01. The van der Waals surface area contributed by atoms with Gasteiger partial charge in [-0.3, -0.25) is 9.78 Å². The number of carboxylic acids is 1. The average molecular weight is 206 g/mol. The Morgan fingerprint density at radius 3 is 2.53 bits per heavy atom. The van der Waals surface area contributed by atoms with E-state index < -0.39 is 11.4 Å². The van der Waals surface area contributed by atoms with Crippen molar-refractivity contribution in [2.75, 3.05) is 7.05 Å². The Morgan fingerprint density at radius 2 is 2.13 bits per heavy atom. The lowest BCUT2D eigenvalue weighted by Gasteiger charge is -2.23. The third-order valence-electron chi connectivity index (χ3n) is 3.10. The fourth-order valence-electron chi connectivity index (χ4n) is 2.08. The minimum atomic E-state index is -0.710. The number of aromatic nitrogens is 1. The lowest BCUT2D eigenvalue weighted by atomic mass is 9.91. The van der Waals surface area contributed by atoms with Crippen LogP contribution in [0.1, 0.15) is 24.4 Å². The van der Waals surface area contributed by atoms with Crippen LogP contribution >= 0.6 is 0 Å². The van der Waals surface area contributed by atoms with E-state index >= 15 is 0 Å². The number of rotatable bonds is 4. The maximum Gasteiger partial charge on any atom is 0.311 e. The number of carbonyl (C=O) groups is 1. The van der Waals surface area contributed by atoms with Crippen LogP contribution in [-0.2, 0) is 4.79 Å². The van der Waals surface area contributed by atoms with Crippen LogP contribution in [0.5, 0.6) is 0 Å². The van der Waals surface area contributed by atoms with Crippen molar-refractivity contribution >= 4 is 5.97 Å². The second-order valence-corrected chi connectivity index (χ2v) is 3.96. The predicted octanol–water partition coefficient (Wildman–Crippen LogP) is 1.21. The highest BCUT2D eigenvalue weighted by molar-refractivity contribution is 5.79. The van der Waals surface area contributed by atoms with Crippen molar-refractivity contribution in [2.24, 2.45) is 5.41 Å². The lowest BCUT2D eigenvalue weighted by Crippen LogP contribution is -2.32. The van der Waals surface area contributed by atoms with Crippen LogP contribution in [-0.4, -0.2) is 23.1 Å². The molecule has 0 bridgehead atoms. The molecule has 0 spiro atoms. The summed E-state index contributed by atoms with van der Waals surface area (Å²) in [6, 6.07) is 3.62. The molecule has 2 rings (SSSR count). The summed E-state index contributed by atoms with van der Waals surface area (Å²) in [5.74, 6) is -0.710. The molecular formula is C11H14N2O2. The monoisotopic (exact) mass is 206 g/mol. The van der Waals surface area contributed by atoms with Gasteiger partial charge in [-0.2, -0.15) is 0 Å². The van der Waals surface area contributed by atoms with Crippen molar-refractivity contribution in [1.82, 2.24) is 10.3 Å². The molecule has 0 aromatic carbocycles. The maximum atomic E-state index is 11.2. The fraction of sp³-hybridized carbons (Fsp3) is 0.455. The highest BCUT2D eigenvalue weighted by Gasteiger charge is 2.56. The van der Waals surface area contributed by atoms with Crippen LogP contribution in [0.25, 0.3) is 0 Å². The number of nitrogens with zero attached hydrogens (tertiary/aromatic N) is 1. The smallest absolute Gasteiger partial charge is 0.311 e. The van der Waals surface area contributed by atoms with E-state index in [9.17, 15) is 9.90 Å². The largest absolute Gasteiger partial charge is 0.481 e. The number of pyridine rings is 1. The van der Waals surface area contributed by atoms with Gasteiger partial charge >= 0.3 is 5.97 Å². The Kier molecular flexibility index (Phi) is 2.44. The average Bonchev–Trinajstić information content (AvgIpc) is 3.02. The molecule has 0 aliphatic heterocycles. The molecule has 1 aliphatic rings. The van der Waals surface area contributed by atoms with Crippen molar-refractivity contribution in [3.8, 4) is 0 Å². The van der Waals surface area contributed by atoms with Crippen molar-refractivity contribution in [3.63, 3.8) is 0 Å². The van der Waals surface area contributed by atoms with Gasteiger partial charge in [0.2, 0.25) is 0 Å². The van der Waals surface area contributed by atoms with Crippen molar-refractivity contribution in [3.05, 3.63) is 30.1 Å². The molecule has 1 atom stereocenters. The van der Waals surface area contributed by atoms with E-state index in [1.165, 1.54) is 0 Å². The Bertz CT molecular complexity index is 360. The van der Waals surface area contributed by atoms with E-state index in [1.54, 1.807) is 19.4 Å². The number of hydrogen-bond acceptors (Lipinski definition) is 3. The van der Waals surface area contributed by atoms with Crippen molar-refractivity contribution in [1.29, 1.82) is 0 Å². The van der Waals surface area contributed by atoms with E-state index in [1.807, 2.05) is 12.1 Å². The van der Waals surface area contributed by atoms with E-state index in [0.717, 1.165) is 18.4 Å². The minimum absolute atomic E-state index is 0.113. The van der Waals surface area contributed by atoms with Gasteiger partial charge in [0, 0.05) is 18.4 Å². The van der Waals surface area contributed by atoms with Crippen molar-refractivity contribution in [2.45, 2.75) is 18.9 Å². The highest BCUT2D eigenvalue weighted by Crippen LogP contribution is 2.54. The SMILES string of the molecule is CNC(c1ccncc1)C1(C(=O)O)CC1. The first-order chi connectivity index (χ1) is 7.20. The highest BCUT2D eigenvalue weighted by atomic mass is 16.4. The van der Waals surface area contributed by atoms with Crippen LogP contribution < -0.4 is 5.32 Å². The van der Waals surface area contributed by atoms with Crippen LogP contribution in [0.4, 0.5) is 0 Å². The summed E-state index contributed by atoms with van der Waals surface area (Å²) < 4.78 is 0. The van der Waals surface area contributed by atoms with Gasteiger partial charge in [-0.25, -0.2) is 0 Å². The van der Waals surface area contributed by atoms with Crippen LogP contribution in [0.2, 0.25) is 0 Å². The molecule has 1 aliphatic carbocycles. The zero-order chi connectivity index (χ0) is 10.9. The molecule has 1 aromatic heterocycles. The Hall–Kier alpha value is -1.42. The molecule has 1 saturated carbocycles. The molecule has 15 heavy (non-hydrogen) atoms. The van der Waals surface area contributed by atoms with E-state index in [2.05, 4.69) is 10.3 Å². The van der Waals surface area contributed by atoms with Gasteiger partial charge in [0.05, 0.1) is 5.41 Å².